The van der Waals surface area contributed by atoms with Crippen LogP contribution in [0, 0.1) is 11.7 Å². The van der Waals surface area contributed by atoms with Gasteiger partial charge < -0.3 is 10.0 Å². The van der Waals surface area contributed by atoms with Crippen molar-refractivity contribution in [3.63, 3.8) is 0 Å². The fourth-order valence-electron chi connectivity index (χ4n) is 3.58. The number of aliphatic carboxylic acids is 1. The number of carboxylic acid groups (broad SMARTS) is 1. The van der Waals surface area contributed by atoms with Crippen LogP contribution in [0.15, 0.2) is 18.2 Å². The Morgan fingerprint density at radius 1 is 1.23 bits per heavy atom. The predicted octanol–water partition coefficient (Wildman–Crippen LogP) is 2.72. The van der Waals surface area contributed by atoms with Gasteiger partial charge in [0, 0.05) is 37.4 Å². The van der Waals surface area contributed by atoms with E-state index in [9.17, 15) is 14.3 Å². The fourth-order valence-corrected chi connectivity index (χ4v) is 3.58. The van der Waals surface area contributed by atoms with Crippen molar-refractivity contribution >= 4 is 11.7 Å². The summed E-state index contributed by atoms with van der Waals surface area (Å²) in [4.78, 5) is 15.5. The van der Waals surface area contributed by atoms with Gasteiger partial charge in [0.15, 0.2) is 0 Å². The number of likely N-dealkylation sites (tertiary alicyclic amines) is 1. The third-order valence-electron chi connectivity index (χ3n) is 4.78. The number of halogens is 1. The molecule has 1 N–H and O–H groups in total. The lowest BCUT2D eigenvalue weighted by Gasteiger charge is -2.32. The second kappa shape index (κ2) is 6.65. The van der Waals surface area contributed by atoms with Gasteiger partial charge in [0.25, 0.3) is 0 Å². The van der Waals surface area contributed by atoms with Crippen molar-refractivity contribution in [2.24, 2.45) is 5.92 Å². The van der Waals surface area contributed by atoms with Crippen LogP contribution in [0.25, 0.3) is 0 Å². The van der Waals surface area contributed by atoms with E-state index in [1.165, 1.54) is 6.07 Å². The number of hydrogen-bond donors (Lipinski definition) is 1. The third-order valence-corrected chi connectivity index (χ3v) is 4.78. The summed E-state index contributed by atoms with van der Waals surface area (Å²) in [6, 6.07) is 5.26. The van der Waals surface area contributed by atoms with Gasteiger partial charge in [-0.15, -0.1) is 0 Å². The summed E-state index contributed by atoms with van der Waals surface area (Å²) >= 11 is 0. The van der Waals surface area contributed by atoms with Crippen molar-refractivity contribution in [2.45, 2.75) is 32.2 Å². The van der Waals surface area contributed by atoms with E-state index in [0.717, 1.165) is 56.6 Å². The maximum Gasteiger partial charge on any atom is 0.307 e. The number of anilines is 1. The summed E-state index contributed by atoms with van der Waals surface area (Å²) in [5.41, 5.74) is 1.70. The molecule has 0 aliphatic carbocycles. The molecule has 0 saturated carbocycles. The van der Waals surface area contributed by atoms with E-state index in [1.807, 2.05) is 6.07 Å². The number of hydrogen-bond acceptors (Lipinski definition) is 3. The SMILES string of the molecule is O=C(O)C1CCCN(Cc2c(F)cccc2N2CCCC2)C1. The molecule has 0 radical (unpaired) electrons. The average Bonchev–Trinajstić information content (AvgIpc) is 3.04. The molecule has 5 heteroatoms. The summed E-state index contributed by atoms with van der Waals surface area (Å²) in [6.45, 7) is 3.82. The van der Waals surface area contributed by atoms with Crippen LogP contribution < -0.4 is 4.90 Å². The Kier molecular flexibility index (Phi) is 4.62. The third kappa shape index (κ3) is 3.24. The van der Waals surface area contributed by atoms with E-state index < -0.39 is 5.97 Å². The highest BCUT2D eigenvalue weighted by atomic mass is 19.1. The number of carbonyl (C=O) groups is 1. The molecule has 0 amide bonds. The van der Waals surface area contributed by atoms with Gasteiger partial charge in [0.1, 0.15) is 5.82 Å². The van der Waals surface area contributed by atoms with E-state index in [-0.39, 0.29) is 11.7 Å². The van der Waals surface area contributed by atoms with Crippen molar-refractivity contribution in [3.8, 4) is 0 Å². The monoisotopic (exact) mass is 306 g/mol. The molecule has 2 aliphatic rings. The molecule has 2 fully saturated rings. The number of piperidine rings is 1. The first kappa shape index (κ1) is 15.3. The molecule has 1 unspecified atom stereocenters. The van der Waals surface area contributed by atoms with Crippen molar-refractivity contribution < 1.29 is 14.3 Å². The van der Waals surface area contributed by atoms with Gasteiger partial charge in [-0.25, -0.2) is 4.39 Å². The average molecular weight is 306 g/mol. The number of carboxylic acids is 1. The summed E-state index contributed by atoms with van der Waals surface area (Å²) < 4.78 is 14.3. The summed E-state index contributed by atoms with van der Waals surface area (Å²) in [5, 5.41) is 9.19. The Hall–Kier alpha value is -1.62. The highest BCUT2D eigenvalue weighted by Crippen LogP contribution is 2.29. The Morgan fingerprint density at radius 2 is 2.00 bits per heavy atom. The zero-order valence-corrected chi connectivity index (χ0v) is 12.8. The topological polar surface area (TPSA) is 43.8 Å². The minimum absolute atomic E-state index is 0.179. The van der Waals surface area contributed by atoms with Crippen LogP contribution in [0.3, 0.4) is 0 Å². The first-order valence-corrected chi connectivity index (χ1v) is 8.12. The number of benzene rings is 1. The standard InChI is InChI=1S/C17H23FN2O2/c18-15-6-3-7-16(20-9-1-2-10-20)14(15)12-19-8-4-5-13(11-19)17(21)22/h3,6-7,13H,1-2,4-5,8-12H2,(H,21,22). The lowest BCUT2D eigenvalue weighted by Crippen LogP contribution is -2.38. The van der Waals surface area contributed by atoms with Gasteiger partial charge in [-0.05, 0) is 44.4 Å². The quantitative estimate of drug-likeness (QED) is 0.929. The maximum atomic E-state index is 14.3. The molecule has 1 atom stereocenters. The van der Waals surface area contributed by atoms with Crippen LogP contribution in [0.1, 0.15) is 31.2 Å². The second-order valence-electron chi connectivity index (χ2n) is 6.34. The molecule has 120 valence electrons. The number of nitrogens with zero attached hydrogens (tertiary/aromatic N) is 2. The summed E-state index contributed by atoms with van der Waals surface area (Å²) in [7, 11) is 0. The molecular formula is C17H23FN2O2. The molecule has 2 heterocycles. The predicted molar refractivity (Wildman–Crippen MR) is 83.5 cm³/mol. The molecule has 1 aromatic carbocycles. The lowest BCUT2D eigenvalue weighted by atomic mass is 9.97. The highest BCUT2D eigenvalue weighted by Gasteiger charge is 2.27. The lowest BCUT2D eigenvalue weighted by molar-refractivity contribution is -0.143. The molecule has 2 aliphatic heterocycles. The Morgan fingerprint density at radius 3 is 2.73 bits per heavy atom. The van der Waals surface area contributed by atoms with E-state index in [1.54, 1.807) is 6.07 Å². The largest absolute Gasteiger partial charge is 0.481 e. The Bertz CT molecular complexity index is 543. The number of rotatable bonds is 4. The zero-order chi connectivity index (χ0) is 15.5. The summed E-state index contributed by atoms with van der Waals surface area (Å²) in [5.74, 6) is -1.24. The molecule has 0 spiro atoms. The zero-order valence-electron chi connectivity index (χ0n) is 12.8. The van der Waals surface area contributed by atoms with Gasteiger partial charge in [0.2, 0.25) is 0 Å². The molecular weight excluding hydrogens is 283 g/mol. The van der Waals surface area contributed by atoms with Crippen molar-refractivity contribution in [1.82, 2.24) is 4.90 Å². The van der Waals surface area contributed by atoms with E-state index in [2.05, 4.69) is 9.80 Å². The fraction of sp³-hybridized carbons (Fsp3) is 0.588. The smallest absolute Gasteiger partial charge is 0.307 e. The van der Waals surface area contributed by atoms with E-state index in [0.29, 0.717) is 13.1 Å². The second-order valence-corrected chi connectivity index (χ2v) is 6.34. The first-order chi connectivity index (χ1) is 10.6. The van der Waals surface area contributed by atoms with Crippen LogP contribution in [0.4, 0.5) is 10.1 Å². The van der Waals surface area contributed by atoms with E-state index >= 15 is 0 Å². The first-order valence-electron chi connectivity index (χ1n) is 8.12. The van der Waals surface area contributed by atoms with Crippen molar-refractivity contribution in [2.75, 3.05) is 31.1 Å². The summed E-state index contributed by atoms with van der Waals surface area (Å²) in [6.07, 6.45) is 3.90. The normalized spacial score (nSPS) is 23.0. The minimum Gasteiger partial charge on any atom is -0.481 e. The maximum absolute atomic E-state index is 14.3. The molecule has 1 aromatic rings. The van der Waals surface area contributed by atoms with Crippen molar-refractivity contribution in [3.05, 3.63) is 29.6 Å². The molecule has 22 heavy (non-hydrogen) atoms. The van der Waals surface area contributed by atoms with E-state index in [4.69, 9.17) is 0 Å². The van der Waals surface area contributed by atoms with Crippen LogP contribution in [-0.4, -0.2) is 42.2 Å². The van der Waals surface area contributed by atoms with Crippen LogP contribution in [0.2, 0.25) is 0 Å². The highest BCUT2D eigenvalue weighted by molar-refractivity contribution is 5.70. The molecule has 0 bridgehead atoms. The van der Waals surface area contributed by atoms with Crippen LogP contribution in [0.5, 0.6) is 0 Å². The van der Waals surface area contributed by atoms with Gasteiger partial charge in [0.05, 0.1) is 5.92 Å². The molecule has 0 aromatic heterocycles. The Labute approximate surface area is 130 Å². The van der Waals surface area contributed by atoms with Gasteiger partial charge in [-0.1, -0.05) is 6.07 Å². The van der Waals surface area contributed by atoms with Gasteiger partial charge in [-0.2, -0.15) is 0 Å². The van der Waals surface area contributed by atoms with Gasteiger partial charge in [-0.3, -0.25) is 9.69 Å². The molecule has 3 rings (SSSR count). The molecule has 2 saturated heterocycles. The van der Waals surface area contributed by atoms with Gasteiger partial charge >= 0.3 is 5.97 Å². The molecule has 4 nitrogen and oxygen atoms in total. The Balaban J connectivity index is 1.77. The minimum atomic E-state index is -0.738. The van der Waals surface area contributed by atoms with Crippen LogP contribution >= 0.6 is 0 Å². The van der Waals surface area contributed by atoms with Crippen molar-refractivity contribution in [1.29, 1.82) is 0 Å². The van der Waals surface area contributed by atoms with Crippen LogP contribution in [-0.2, 0) is 11.3 Å².